The van der Waals surface area contributed by atoms with E-state index in [0.717, 1.165) is 17.7 Å². The average Bonchev–Trinajstić information content (AvgIpc) is 2.64. The number of benzene rings is 1. The van der Waals surface area contributed by atoms with Crippen molar-refractivity contribution in [2.45, 2.75) is 32.6 Å². The van der Waals surface area contributed by atoms with Crippen molar-refractivity contribution in [2.24, 2.45) is 5.41 Å². The molecule has 1 unspecified atom stereocenters. The fourth-order valence-corrected chi connectivity index (χ4v) is 4.53. The van der Waals surface area contributed by atoms with Crippen LogP contribution in [0.25, 0.3) is 0 Å². The lowest BCUT2D eigenvalue weighted by molar-refractivity contribution is -0.118. The number of ketones is 1. The smallest absolute Gasteiger partial charge is 0.200 e. The average molecular weight is 413 g/mol. The summed E-state index contributed by atoms with van der Waals surface area (Å²) in [6.07, 6.45) is 1.19. The molecule has 0 saturated heterocycles. The van der Waals surface area contributed by atoms with E-state index in [-0.39, 0.29) is 16.0 Å². The molecule has 2 heterocycles. The monoisotopic (exact) mass is 412 g/mol. The van der Waals surface area contributed by atoms with Crippen molar-refractivity contribution in [3.05, 3.63) is 45.4 Å². The summed E-state index contributed by atoms with van der Waals surface area (Å²) in [7, 11) is 3.21. The highest BCUT2D eigenvalue weighted by molar-refractivity contribution is 7.71. The first-order chi connectivity index (χ1) is 13.7. The van der Waals surface area contributed by atoms with Gasteiger partial charge in [-0.15, -0.1) is 0 Å². The van der Waals surface area contributed by atoms with Crippen molar-refractivity contribution in [3.63, 3.8) is 0 Å². The number of nitrogens with two attached hydrogens (primary N) is 1. The van der Waals surface area contributed by atoms with Crippen LogP contribution in [0.5, 0.6) is 11.5 Å². The molecule has 2 aliphatic rings. The Kier molecular flexibility index (Phi) is 4.61. The van der Waals surface area contributed by atoms with Crippen LogP contribution in [-0.2, 0) is 4.79 Å². The molecule has 1 aliphatic carbocycles. The number of nitrogen functional groups attached to an aromatic ring is 1. The molecule has 0 spiro atoms. The molecule has 1 aliphatic heterocycles. The van der Waals surface area contributed by atoms with Gasteiger partial charge in [0, 0.05) is 28.8 Å². The predicted octanol–water partition coefficient (Wildman–Crippen LogP) is 3.94. The number of nitrogens with one attached hydrogen (secondary N) is 2. The molecule has 1 aromatic carbocycles. The van der Waals surface area contributed by atoms with Crippen molar-refractivity contribution in [1.82, 2.24) is 9.97 Å². The number of H-pyrrole nitrogens is 1. The summed E-state index contributed by atoms with van der Waals surface area (Å²) in [4.78, 5) is 20.7. The third-order valence-electron chi connectivity index (χ3n) is 5.51. The molecule has 2 aromatic rings. The molecule has 29 heavy (non-hydrogen) atoms. The minimum absolute atomic E-state index is 0.0890. The molecule has 1 atom stereocenters. The number of anilines is 2. The van der Waals surface area contributed by atoms with Gasteiger partial charge in [-0.1, -0.05) is 13.8 Å². The van der Waals surface area contributed by atoms with Crippen LogP contribution >= 0.6 is 12.2 Å². The highest BCUT2D eigenvalue weighted by atomic mass is 32.1. The lowest BCUT2D eigenvalue weighted by Gasteiger charge is -2.39. The van der Waals surface area contributed by atoms with Gasteiger partial charge in [-0.2, -0.15) is 0 Å². The van der Waals surface area contributed by atoms with Gasteiger partial charge in [0.2, 0.25) is 0 Å². The lowest BCUT2D eigenvalue weighted by Crippen LogP contribution is -2.34. The molecule has 4 N–H and O–H groups in total. The maximum absolute atomic E-state index is 13.3. The largest absolute Gasteiger partial charge is 0.497 e. The van der Waals surface area contributed by atoms with Crippen LogP contribution in [0.4, 0.5) is 11.6 Å². The van der Waals surface area contributed by atoms with Crippen molar-refractivity contribution in [2.75, 3.05) is 25.3 Å². The Morgan fingerprint density at radius 2 is 2.00 bits per heavy atom. The van der Waals surface area contributed by atoms with Crippen molar-refractivity contribution in [1.29, 1.82) is 0 Å². The number of aromatic amines is 1. The van der Waals surface area contributed by atoms with Crippen LogP contribution < -0.4 is 20.5 Å². The Balaban J connectivity index is 2.04. The number of methoxy groups -OCH3 is 2. The molecule has 4 rings (SSSR count). The summed E-state index contributed by atoms with van der Waals surface area (Å²) in [5.41, 5.74) is 9.25. The third-order valence-corrected chi connectivity index (χ3v) is 5.71. The zero-order valence-corrected chi connectivity index (χ0v) is 17.7. The van der Waals surface area contributed by atoms with Gasteiger partial charge >= 0.3 is 0 Å². The van der Waals surface area contributed by atoms with Crippen molar-refractivity contribution < 1.29 is 14.3 Å². The van der Waals surface area contributed by atoms with Gasteiger partial charge in [-0.3, -0.25) is 4.79 Å². The number of ether oxygens (including phenoxy) is 2. The summed E-state index contributed by atoms with van der Waals surface area (Å²) in [6.45, 7) is 4.18. The summed E-state index contributed by atoms with van der Waals surface area (Å²) in [5.74, 6) is 1.93. The summed E-state index contributed by atoms with van der Waals surface area (Å²) in [6, 6.07) is 5.55. The van der Waals surface area contributed by atoms with E-state index < -0.39 is 5.92 Å². The van der Waals surface area contributed by atoms with Crippen LogP contribution in [0.3, 0.4) is 0 Å². The number of fused-ring (bicyclic) bond motifs is 1. The molecule has 0 fully saturated rings. The second-order valence-corrected chi connectivity index (χ2v) is 8.60. The van der Waals surface area contributed by atoms with E-state index in [1.54, 1.807) is 14.2 Å². The maximum Gasteiger partial charge on any atom is 0.200 e. The Bertz CT molecular complexity index is 1100. The van der Waals surface area contributed by atoms with E-state index >= 15 is 0 Å². The quantitative estimate of drug-likeness (QED) is 0.656. The minimum atomic E-state index is -0.436. The highest BCUT2D eigenvalue weighted by Crippen LogP contribution is 2.51. The molecule has 7 nitrogen and oxygen atoms in total. The number of nitrogens with zero attached hydrogens (tertiary/aromatic N) is 1. The first kappa shape index (κ1) is 19.4. The van der Waals surface area contributed by atoms with Crippen molar-refractivity contribution >= 4 is 29.6 Å². The number of hydrogen-bond acceptors (Lipinski definition) is 7. The minimum Gasteiger partial charge on any atom is -0.497 e. The van der Waals surface area contributed by atoms with Crippen LogP contribution in [0.15, 0.2) is 29.5 Å². The van der Waals surface area contributed by atoms with E-state index in [9.17, 15) is 4.79 Å². The Morgan fingerprint density at radius 3 is 2.69 bits per heavy atom. The van der Waals surface area contributed by atoms with Gasteiger partial charge < -0.3 is 25.5 Å². The normalized spacial score (nSPS) is 19.9. The number of rotatable bonds is 3. The fourth-order valence-electron chi connectivity index (χ4n) is 4.33. The molecule has 8 heteroatoms. The number of Topliss-reactive ketones (excluding diaryl/α,β-unsaturated/α-hetero) is 1. The SMILES string of the molecule is COc1ccc(OC)c(C2C3=C(CC(C)(C)CC3=O)Nc3nc(=S)[nH]c(N)c32)c1. The molecular weight excluding hydrogens is 388 g/mol. The Labute approximate surface area is 174 Å². The molecule has 1 aromatic heterocycles. The van der Waals surface area contributed by atoms with Crippen LogP contribution in [0, 0.1) is 10.2 Å². The van der Waals surface area contributed by atoms with E-state index in [0.29, 0.717) is 40.7 Å². The van der Waals surface area contributed by atoms with Gasteiger partial charge in [0.25, 0.3) is 0 Å². The van der Waals surface area contributed by atoms with E-state index in [1.807, 2.05) is 18.2 Å². The molecule has 0 radical (unpaired) electrons. The number of carbonyl (C=O) groups is 1. The fraction of sp³-hybridized carbons (Fsp3) is 0.381. The van der Waals surface area contributed by atoms with Crippen LogP contribution in [-0.4, -0.2) is 30.0 Å². The molecule has 152 valence electrons. The molecular formula is C21H24N4O3S. The number of allylic oxidation sites excluding steroid dienone is 2. The molecule has 0 bridgehead atoms. The lowest BCUT2D eigenvalue weighted by atomic mass is 9.69. The number of hydrogen-bond donors (Lipinski definition) is 3. The number of aromatic nitrogens is 2. The second-order valence-electron chi connectivity index (χ2n) is 8.22. The Morgan fingerprint density at radius 1 is 1.24 bits per heavy atom. The van der Waals surface area contributed by atoms with Crippen LogP contribution in [0.1, 0.15) is 43.7 Å². The highest BCUT2D eigenvalue weighted by Gasteiger charge is 2.43. The second kappa shape index (κ2) is 6.88. The third kappa shape index (κ3) is 3.27. The van der Waals surface area contributed by atoms with Gasteiger partial charge in [0.15, 0.2) is 10.6 Å². The standard InChI is InChI=1S/C21H24N4O3S/c1-21(2)8-12-16(13(26)9-21)15(11-7-10(27-3)5-6-14(11)28-4)17-18(22)24-20(29)25-19(17)23-12/h5-7,15H,8-9H2,1-4H3,(H4,22,23,24,25,29). The zero-order valence-electron chi connectivity index (χ0n) is 16.9. The predicted molar refractivity (Wildman–Crippen MR) is 114 cm³/mol. The summed E-state index contributed by atoms with van der Waals surface area (Å²) >= 11 is 5.23. The van der Waals surface area contributed by atoms with Crippen LogP contribution in [0.2, 0.25) is 0 Å². The zero-order chi connectivity index (χ0) is 20.9. The topological polar surface area (TPSA) is 102 Å². The molecule has 0 saturated carbocycles. The van der Waals surface area contributed by atoms with E-state index in [2.05, 4.69) is 29.1 Å². The first-order valence-electron chi connectivity index (χ1n) is 9.39. The summed E-state index contributed by atoms with van der Waals surface area (Å²) in [5, 5.41) is 3.34. The van der Waals surface area contributed by atoms with E-state index in [4.69, 9.17) is 27.4 Å². The molecule has 0 amide bonds. The number of carbonyl (C=O) groups excluding carboxylic acids is 1. The maximum atomic E-state index is 13.3. The summed E-state index contributed by atoms with van der Waals surface area (Å²) < 4.78 is 11.4. The van der Waals surface area contributed by atoms with Gasteiger partial charge in [0.1, 0.15) is 23.1 Å². The van der Waals surface area contributed by atoms with Gasteiger partial charge in [-0.05, 0) is 42.3 Å². The Hall–Kier alpha value is -2.87. The van der Waals surface area contributed by atoms with Gasteiger partial charge in [0.05, 0.1) is 20.1 Å². The first-order valence-corrected chi connectivity index (χ1v) is 9.80. The van der Waals surface area contributed by atoms with Crippen molar-refractivity contribution in [3.8, 4) is 11.5 Å². The van der Waals surface area contributed by atoms with Gasteiger partial charge in [-0.25, -0.2) is 4.98 Å². The van der Waals surface area contributed by atoms with E-state index in [1.165, 1.54) is 0 Å².